The summed E-state index contributed by atoms with van der Waals surface area (Å²) in [6, 6.07) is 2.57. The zero-order chi connectivity index (χ0) is 18.4. The van der Waals surface area contributed by atoms with E-state index in [1.165, 1.54) is 15.5 Å². The van der Waals surface area contributed by atoms with Crippen molar-refractivity contribution in [1.29, 1.82) is 0 Å². The van der Waals surface area contributed by atoms with E-state index in [4.69, 9.17) is 0 Å². The van der Waals surface area contributed by atoms with Crippen molar-refractivity contribution in [3.05, 3.63) is 46.0 Å². The molecule has 0 aromatic carbocycles. The van der Waals surface area contributed by atoms with Gasteiger partial charge < -0.3 is 10.0 Å². The third kappa shape index (κ3) is 2.58. The van der Waals surface area contributed by atoms with E-state index >= 15 is 0 Å². The van der Waals surface area contributed by atoms with Gasteiger partial charge in [-0.3, -0.25) is 14.0 Å². The molecule has 2 fully saturated rings. The number of aryl methyl sites for hydroxylation is 1. The summed E-state index contributed by atoms with van der Waals surface area (Å²) in [6.45, 7) is 1.90. The number of pyridine rings is 1. The fraction of sp³-hybridized carbons (Fsp3) is 0.474. The van der Waals surface area contributed by atoms with Gasteiger partial charge >= 0.3 is 5.97 Å². The molecule has 0 unspecified atom stereocenters. The van der Waals surface area contributed by atoms with Crippen molar-refractivity contribution in [2.45, 2.75) is 51.1 Å². The van der Waals surface area contributed by atoms with Crippen LogP contribution < -0.4 is 5.56 Å². The number of rotatable bonds is 2. The van der Waals surface area contributed by atoms with Crippen LogP contribution in [0.2, 0.25) is 0 Å². The summed E-state index contributed by atoms with van der Waals surface area (Å²) in [5.41, 5.74) is 0.914. The van der Waals surface area contributed by atoms with E-state index in [1.54, 1.807) is 18.3 Å². The first-order valence-electron chi connectivity index (χ1n) is 9.01. The maximum Gasteiger partial charge on any atom is 0.326 e. The maximum atomic E-state index is 13.2. The van der Waals surface area contributed by atoms with Gasteiger partial charge in [-0.25, -0.2) is 9.78 Å². The van der Waals surface area contributed by atoms with Gasteiger partial charge in [-0.15, -0.1) is 0 Å². The molecule has 2 aromatic heterocycles. The molecule has 1 N–H and O–H groups in total. The predicted octanol–water partition coefficient (Wildman–Crippen LogP) is 1.86. The van der Waals surface area contributed by atoms with Crippen LogP contribution in [0.1, 0.15) is 48.0 Å². The molecule has 2 aromatic rings. The summed E-state index contributed by atoms with van der Waals surface area (Å²) in [6.07, 6.45) is 7.12. The van der Waals surface area contributed by atoms with Crippen LogP contribution in [0.3, 0.4) is 0 Å². The highest BCUT2D eigenvalue weighted by molar-refractivity contribution is 5.97. The monoisotopic (exact) mass is 355 g/mol. The molecular weight excluding hydrogens is 334 g/mol. The quantitative estimate of drug-likeness (QED) is 0.888. The number of aromatic nitrogens is 2. The number of carbonyl (C=O) groups excluding carboxylic acids is 1. The second kappa shape index (κ2) is 6.23. The molecule has 1 saturated heterocycles. The van der Waals surface area contributed by atoms with Crippen LogP contribution in [0.5, 0.6) is 0 Å². The molecule has 0 radical (unpaired) electrons. The molecule has 2 aliphatic rings. The SMILES string of the molecule is Cc1ccn2c(=O)c(C(=O)N3[C@H](C(=O)O)C[C@@H]4CCCC[C@@H]43)cnc2c1. The molecule has 136 valence electrons. The Morgan fingerprint density at radius 3 is 2.81 bits per heavy atom. The van der Waals surface area contributed by atoms with Gasteiger partial charge in [0.05, 0.1) is 0 Å². The first-order chi connectivity index (χ1) is 12.5. The highest BCUT2D eigenvalue weighted by atomic mass is 16.4. The molecule has 7 nitrogen and oxygen atoms in total. The molecule has 3 heterocycles. The number of amides is 1. The molecule has 1 amide bonds. The minimum atomic E-state index is -1.00. The number of hydrogen-bond donors (Lipinski definition) is 1. The first-order valence-corrected chi connectivity index (χ1v) is 9.01. The minimum absolute atomic E-state index is 0.0659. The molecule has 4 rings (SSSR count). The summed E-state index contributed by atoms with van der Waals surface area (Å²) in [5.74, 6) is -1.32. The molecule has 1 aliphatic carbocycles. The Bertz CT molecular complexity index is 951. The highest BCUT2D eigenvalue weighted by Crippen LogP contribution is 2.40. The number of carboxylic acids is 1. The van der Waals surface area contributed by atoms with Crippen LogP contribution >= 0.6 is 0 Å². The van der Waals surface area contributed by atoms with Crippen molar-refractivity contribution < 1.29 is 14.7 Å². The second-order valence-electron chi connectivity index (χ2n) is 7.32. The van der Waals surface area contributed by atoms with Crippen molar-refractivity contribution in [1.82, 2.24) is 14.3 Å². The van der Waals surface area contributed by atoms with Crippen molar-refractivity contribution in [3.63, 3.8) is 0 Å². The van der Waals surface area contributed by atoms with E-state index in [1.807, 2.05) is 6.92 Å². The van der Waals surface area contributed by atoms with Gasteiger partial charge in [0.1, 0.15) is 17.3 Å². The van der Waals surface area contributed by atoms with E-state index in [0.29, 0.717) is 12.1 Å². The van der Waals surface area contributed by atoms with Crippen LogP contribution in [0.4, 0.5) is 0 Å². The molecule has 0 spiro atoms. The lowest BCUT2D eigenvalue weighted by Gasteiger charge is -2.32. The minimum Gasteiger partial charge on any atom is -0.480 e. The lowest BCUT2D eigenvalue weighted by Crippen LogP contribution is -2.47. The number of likely N-dealkylation sites (tertiary alicyclic amines) is 1. The Morgan fingerprint density at radius 1 is 1.27 bits per heavy atom. The topological polar surface area (TPSA) is 92.0 Å². The van der Waals surface area contributed by atoms with Crippen LogP contribution in [-0.4, -0.2) is 43.4 Å². The molecule has 3 atom stereocenters. The molecule has 1 saturated carbocycles. The number of fused-ring (bicyclic) bond motifs is 2. The van der Waals surface area contributed by atoms with E-state index in [0.717, 1.165) is 31.2 Å². The van der Waals surface area contributed by atoms with E-state index in [2.05, 4.69) is 4.98 Å². The summed E-state index contributed by atoms with van der Waals surface area (Å²) in [5, 5.41) is 9.61. The normalized spacial score (nSPS) is 25.3. The predicted molar refractivity (Wildman–Crippen MR) is 94.2 cm³/mol. The average molecular weight is 355 g/mol. The van der Waals surface area contributed by atoms with Gasteiger partial charge in [-0.1, -0.05) is 12.8 Å². The van der Waals surface area contributed by atoms with Crippen LogP contribution in [-0.2, 0) is 4.79 Å². The van der Waals surface area contributed by atoms with Gasteiger partial charge in [-0.05, 0) is 49.8 Å². The number of carboxylic acid groups (broad SMARTS) is 1. The zero-order valence-corrected chi connectivity index (χ0v) is 14.6. The first kappa shape index (κ1) is 16.8. The molecule has 1 aliphatic heterocycles. The summed E-state index contributed by atoms with van der Waals surface area (Å²) < 4.78 is 1.34. The third-order valence-corrected chi connectivity index (χ3v) is 5.70. The van der Waals surface area contributed by atoms with Gasteiger partial charge in [0.15, 0.2) is 0 Å². The Hall–Kier alpha value is -2.70. The number of carbonyl (C=O) groups is 2. The Balaban J connectivity index is 1.77. The van der Waals surface area contributed by atoms with Crippen LogP contribution in [0.15, 0.2) is 29.3 Å². The second-order valence-corrected chi connectivity index (χ2v) is 7.32. The van der Waals surface area contributed by atoms with Crippen LogP contribution in [0.25, 0.3) is 5.65 Å². The number of aliphatic carboxylic acids is 1. The molecular formula is C19H21N3O4. The Morgan fingerprint density at radius 2 is 2.04 bits per heavy atom. The fourth-order valence-electron chi connectivity index (χ4n) is 4.44. The summed E-state index contributed by atoms with van der Waals surface area (Å²) >= 11 is 0. The maximum absolute atomic E-state index is 13.2. The Kier molecular flexibility index (Phi) is 4.01. The van der Waals surface area contributed by atoms with Gasteiger partial charge in [-0.2, -0.15) is 0 Å². The van der Waals surface area contributed by atoms with Gasteiger partial charge in [0.25, 0.3) is 11.5 Å². The fourth-order valence-corrected chi connectivity index (χ4v) is 4.44. The zero-order valence-electron chi connectivity index (χ0n) is 14.6. The molecule has 26 heavy (non-hydrogen) atoms. The standard InChI is InChI=1S/C19H21N3O4/c1-11-6-7-21-16(8-11)20-10-13(17(21)23)18(24)22-14-5-3-2-4-12(14)9-15(22)19(25)26/h6-8,10,12,14-15H,2-5,9H2,1H3,(H,25,26)/t12-,14-,15-/m0/s1. The van der Waals surface area contributed by atoms with E-state index < -0.39 is 23.5 Å². The van der Waals surface area contributed by atoms with Crippen molar-refractivity contribution >= 4 is 17.5 Å². The third-order valence-electron chi connectivity index (χ3n) is 5.70. The highest BCUT2D eigenvalue weighted by Gasteiger charge is 2.48. The Labute approximate surface area is 150 Å². The lowest BCUT2D eigenvalue weighted by atomic mass is 9.84. The van der Waals surface area contributed by atoms with E-state index in [-0.39, 0.29) is 17.5 Å². The number of nitrogens with zero attached hydrogens (tertiary/aromatic N) is 3. The average Bonchev–Trinajstić information content (AvgIpc) is 3.01. The summed E-state index contributed by atoms with van der Waals surface area (Å²) in [4.78, 5) is 43.4. The lowest BCUT2D eigenvalue weighted by molar-refractivity contribution is -0.141. The van der Waals surface area contributed by atoms with Crippen LogP contribution in [0, 0.1) is 12.8 Å². The molecule has 7 heteroatoms. The molecule has 0 bridgehead atoms. The van der Waals surface area contributed by atoms with E-state index in [9.17, 15) is 19.5 Å². The van der Waals surface area contributed by atoms with Gasteiger partial charge in [0.2, 0.25) is 0 Å². The number of hydrogen-bond acceptors (Lipinski definition) is 4. The summed E-state index contributed by atoms with van der Waals surface area (Å²) in [7, 11) is 0. The smallest absolute Gasteiger partial charge is 0.326 e. The van der Waals surface area contributed by atoms with Gasteiger partial charge in [0, 0.05) is 18.4 Å². The largest absolute Gasteiger partial charge is 0.480 e. The van der Waals surface area contributed by atoms with Crippen molar-refractivity contribution in [2.75, 3.05) is 0 Å². The van der Waals surface area contributed by atoms with Crippen molar-refractivity contribution in [2.24, 2.45) is 5.92 Å². The van der Waals surface area contributed by atoms with Crippen molar-refractivity contribution in [3.8, 4) is 0 Å².